The van der Waals surface area contributed by atoms with E-state index in [-0.39, 0.29) is 32.0 Å². The Bertz CT molecular complexity index is 2440. The molecule has 2 aliphatic heterocycles. The summed E-state index contributed by atoms with van der Waals surface area (Å²) in [7, 11) is 1.49. The highest BCUT2D eigenvalue weighted by Gasteiger charge is 2.50. The van der Waals surface area contributed by atoms with E-state index in [9.17, 15) is 9.90 Å². The van der Waals surface area contributed by atoms with Gasteiger partial charge < -0.3 is 52.5 Å². The molecule has 2 fully saturated rings. The Morgan fingerprint density at radius 1 is 0.493 bits per heavy atom. The summed E-state index contributed by atoms with van der Waals surface area (Å²) in [6.45, 7) is 3.99. The number of thioether (sulfide) groups is 1. The minimum absolute atomic E-state index is 0.0139. The van der Waals surface area contributed by atoms with E-state index in [1.165, 1.54) is 7.11 Å². The van der Waals surface area contributed by atoms with Crippen molar-refractivity contribution in [1.82, 2.24) is 0 Å². The van der Waals surface area contributed by atoms with Crippen LogP contribution in [0.1, 0.15) is 50.7 Å². The molecule has 6 aromatic carbocycles. The average molecular weight is 985 g/mol. The van der Waals surface area contributed by atoms with E-state index in [0.717, 1.165) is 33.6 Å². The smallest absolute Gasteiger partial charge is 0.338 e. The zero-order valence-corrected chi connectivity index (χ0v) is 41.0. The fourth-order valence-corrected chi connectivity index (χ4v) is 9.59. The third kappa shape index (κ3) is 15.1. The largest absolute Gasteiger partial charge is 0.453 e. The number of aliphatic hydroxyl groups excluding tert-OH is 1. The lowest BCUT2D eigenvalue weighted by Crippen LogP contribution is -2.61. The van der Waals surface area contributed by atoms with E-state index < -0.39 is 66.5 Å². The first-order chi connectivity index (χ1) is 34.9. The number of aliphatic hydroxyl groups is 1. The van der Waals surface area contributed by atoms with Crippen LogP contribution in [-0.2, 0) is 87.0 Å². The zero-order valence-electron chi connectivity index (χ0n) is 40.2. The van der Waals surface area contributed by atoms with Crippen molar-refractivity contribution in [1.29, 1.82) is 0 Å². The van der Waals surface area contributed by atoms with Gasteiger partial charge in [-0.05, 0) is 51.3 Å². The molecule has 0 radical (unpaired) electrons. The van der Waals surface area contributed by atoms with Crippen LogP contribution >= 0.6 is 11.8 Å². The molecule has 12 nitrogen and oxygen atoms in total. The van der Waals surface area contributed by atoms with Crippen LogP contribution in [-0.4, -0.2) is 97.7 Å². The topological polar surface area (TPSA) is 130 Å². The molecule has 10 atom stereocenters. The van der Waals surface area contributed by atoms with Crippen LogP contribution in [0.2, 0.25) is 0 Å². The number of rotatable bonds is 25. The highest BCUT2D eigenvalue weighted by molar-refractivity contribution is 7.99. The van der Waals surface area contributed by atoms with Gasteiger partial charge in [-0.15, -0.1) is 11.8 Å². The maximum Gasteiger partial charge on any atom is 0.338 e. The molecule has 0 unspecified atom stereocenters. The molecule has 1 N–H and O–H groups in total. The Morgan fingerprint density at radius 3 is 1.44 bits per heavy atom. The van der Waals surface area contributed by atoms with Crippen molar-refractivity contribution >= 4 is 17.7 Å². The van der Waals surface area contributed by atoms with Crippen LogP contribution in [0, 0.1) is 0 Å². The maximum atomic E-state index is 14.3. The quantitative estimate of drug-likeness (QED) is 0.0548. The summed E-state index contributed by atoms with van der Waals surface area (Å²) in [5.74, 6) is 0.0877. The monoisotopic (exact) mass is 984 g/mol. The summed E-state index contributed by atoms with van der Waals surface area (Å²) in [6.07, 6.45) is -7.60. The van der Waals surface area contributed by atoms with Crippen molar-refractivity contribution in [3.05, 3.63) is 215 Å². The average Bonchev–Trinajstić information content (AvgIpc) is 3.41. The molecule has 0 aliphatic carbocycles. The first-order valence-corrected chi connectivity index (χ1v) is 25.3. The molecule has 8 rings (SSSR count). The van der Waals surface area contributed by atoms with Crippen molar-refractivity contribution in [2.45, 2.75) is 107 Å². The van der Waals surface area contributed by atoms with Gasteiger partial charge in [0.05, 0.1) is 58.4 Å². The summed E-state index contributed by atoms with van der Waals surface area (Å²) in [6, 6.07) is 56.5. The van der Waals surface area contributed by atoms with Crippen molar-refractivity contribution in [2.24, 2.45) is 0 Å². The van der Waals surface area contributed by atoms with Crippen LogP contribution in [0.25, 0.3) is 0 Å². The fraction of sp³-hybridized carbons (Fsp3) is 0.362. The van der Waals surface area contributed by atoms with E-state index in [4.69, 9.17) is 47.4 Å². The second-order valence-electron chi connectivity index (χ2n) is 17.4. The van der Waals surface area contributed by atoms with E-state index in [0.29, 0.717) is 32.0 Å². The minimum Gasteiger partial charge on any atom is -0.453 e. The summed E-state index contributed by atoms with van der Waals surface area (Å²) in [5.41, 5.74) is 5.45. The number of hydrogen-bond acceptors (Lipinski definition) is 13. The molecule has 0 saturated carbocycles. The first-order valence-electron chi connectivity index (χ1n) is 24.2. The number of carbonyl (C=O) groups is 1. The second-order valence-corrected chi connectivity index (χ2v) is 18.8. The van der Waals surface area contributed by atoms with Gasteiger partial charge >= 0.3 is 5.97 Å². The summed E-state index contributed by atoms with van der Waals surface area (Å²) in [4.78, 5) is 14.3. The van der Waals surface area contributed by atoms with Gasteiger partial charge in [-0.3, -0.25) is 0 Å². The lowest BCUT2D eigenvalue weighted by atomic mass is 9.98. The van der Waals surface area contributed by atoms with Gasteiger partial charge in [0.25, 0.3) is 0 Å². The molecule has 2 aliphatic rings. The van der Waals surface area contributed by atoms with Crippen molar-refractivity contribution < 1.29 is 57.3 Å². The molecule has 71 heavy (non-hydrogen) atoms. The van der Waals surface area contributed by atoms with Gasteiger partial charge in [0, 0.05) is 7.11 Å². The third-order valence-electron chi connectivity index (χ3n) is 12.3. The lowest BCUT2D eigenvalue weighted by molar-refractivity contribution is -0.306. The molecule has 6 aromatic rings. The molecular weight excluding hydrogens is 921 g/mol. The van der Waals surface area contributed by atoms with Crippen molar-refractivity contribution in [3.63, 3.8) is 0 Å². The van der Waals surface area contributed by atoms with Crippen molar-refractivity contribution in [2.75, 3.05) is 26.1 Å². The number of hydrogen-bond donors (Lipinski definition) is 1. The highest BCUT2D eigenvalue weighted by Crippen LogP contribution is 2.36. The van der Waals surface area contributed by atoms with Crippen LogP contribution in [0.3, 0.4) is 0 Å². The van der Waals surface area contributed by atoms with Gasteiger partial charge in [-0.2, -0.15) is 0 Å². The Hall–Kier alpha value is -5.26. The Labute approximate surface area is 421 Å². The number of benzene rings is 6. The zero-order chi connectivity index (χ0) is 49.0. The predicted molar refractivity (Wildman–Crippen MR) is 270 cm³/mol. The van der Waals surface area contributed by atoms with Gasteiger partial charge in [0.2, 0.25) is 0 Å². The Morgan fingerprint density at radius 2 is 0.930 bits per heavy atom. The summed E-state index contributed by atoms with van der Waals surface area (Å²) in [5, 5.41) is 11.9. The van der Waals surface area contributed by atoms with E-state index in [2.05, 4.69) is 6.92 Å². The SMILES string of the molecule is CCS[C@@H]1O[C@H](COCc2ccccc2)[C@@H](OCc2ccccc2)[C@H](OCc2ccccc2)[C@H]1OCc1cccc(C(=O)O[C@H]2[C@H](O)[C@@H](COCc3ccccc3)O[C@H](OC)[C@@H]2OCc2ccccc2)c1. The van der Waals surface area contributed by atoms with Crippen LogP contribution in [0.15, 0.2) is 176 Å². The van der Waals surface area contributed by atoms with Gasteiger partial charge in [0.1, 0.15) is 48.2 Å². The molecule has 0 amide bonds. The maximum absolute atomic E-state index is 14.3. The molecular formula is C58H64O12S. The predicted octanol–water partition coefficient (Wildman–Crippen LogP) is 9.50. The van der Waals surface area contributed by atoms with E-state index in [1.807, 2.05) is 158 Å². The highest BCUT2D eigenvalue weighted by atomic mass is 32.2. The van der Waals surface area contributed by atoms with Gasteiger partial charge in [0.15, 0.2) is 12.4 Å². The number of ether oxygens (including phenoxy) is 10. The van der Waals surface area contributed by atoms with E-state index >= 15 is 0 Å². The first kappa shape index (κ1) is 52.1. The van der Waals surface area contributed by atoms with E-state index in [1.54, 1.807) is 30.0 Å². The molecule has 374 valence electrons. The van der Waals surface area contributed by atoms with Crippen molar-refractivity contribution in [3.8, 4) is 0 Å². The summed E-state index contributed by atoms with van der Waals surface area (Å²) >= 11 is 1.63. The molecule has 0 spiro atoms. The number of esters is 1. The van der Waals surface area contributed by atoms with Crippen LogP contribution in [0.4, 0.5) is 0 Å². The lowest BCUT2D eigenvalue weighted by Gasteiger charge is -2.46. The summed E-state index contributed by atoms with van der Waals surface area (Å²) < 4.78 is 64.4. The van der Waals surface area contributed by atoms with Crippen LogP contribution < -0.4 is 0 Å². The number of methoxy groups -OCH3 is 1. The third-order valence-corrected chi connectivity index (χ3v) is 13.3. The molecule has 13 heteroatoms. The molecule has 2 saturated heterocycles. The fourth-order valence-electron chi connectivity index (χ4n) is 8.61. The molecule has 0 aromatic heterocycles. The normalized spacial score (nSPS) is 24.3. The van der Waals surface area contributed by atoms with Gasteiger partial charge in [-0.1, -0.05) is 171 Å². The molecule has 0 bridgehead atoms. The van der Waals surface area contributed by atoms with Gasteiger partial charge in [-0.25, -0.2) is 4.79 Å². The number of carbonyl (C=O) groups excluding carboxylic acids is 1. The standard InChI is InChI=1S/C58H64O12S/c1-3-71-58-55(53(65-36-44-26-15-7-16-27-44)51(64-35-43-24-13-6-14-25-43)49(69-58)40-63-34-42-22-11-5-12-23-42)67-38-46-30-19-31-47(32-46)56(60)70-52-50(59)48(39-62-33-41-20-9-4-10-21-41)68-57(61-2)54(52)66-37-45-28-17-8-18-29-45/h4-32,48-55,57-59H,3,33-40H2,1-2H3/t48-,49-,50-,51-,52+,53+,54-,55-,57+,58+/m1/s1. The second kappa shape index (κ2) is 27.5. The minimum atomic E-state index is -1.31. The molecule has 2 heterocycles. The Balaban J connectivity index is 1.01. The Kier molecular flexibility index (Phi) is 20.2. The van der Waals surface area contributed by atoms with Crippen LogP contribution in [0.5, 0.6) is 0 Å².